The minimum Gasteiger partial charge on any atom is -0.497 e. The number of ether oxygens (including phenoxy) is 1. The maximum Gasteiger partial charge on any atom is 0.243 e. The Bertz CT molecular complexity index is 836. The van der Waals surface area contributed by atoms with Gasteiger partial charge in [-0.25, -0.2) is 0 Å². The fourth-order valence-electron chi connectivity index (χ4n) is 3.14. The van der Waals surface area contributed by atoms with E-state index in [9.17, 15) is 9.59 Å². The summed E-state index contributed by atoms with van der Waals surface area (Å²) in [4.78, 5) is 26.0. The van der Waals surface area contributed by atoms with E-state index in [1.165, 1.54) is 11.8 Å². The number of amides is 2. The second-order valence-corrected chi connectivity index (χ2v) is 8.19. The van der Waals surface area contributed by atoms with Gasteiger partial charge in [-0.05, 0) is 55.3 Å². The Morgan fingerprint density at radius 1 is 1.14 bits per heavy atom. The van der Waals surface area contributed by atoms with Gasteiger partial charge in [-0.1, -0.05) is 36.2 Å². The second-order valence-electron chi connectivity index (χ2n) is 6.67. The molecular weight excluding hydrogens is 396 g/mol. The smallest absolute Gasteiger partial charge is 0.243 e. The van der Waals surface area contributed by atoms with E-state index in [-0.39, 0.29) is 24.3 Å². The summed E-state index contributed by atoms with van der Waals surface area (Å²) >= 11 is 7.90. The molecule has 148 valence electrons. The largest absolute Gasteiger partial charge is 0.497 e. The zero-order valence-electron chi connectivity index (χ0n) is 15.7. The van der Waals surface area contributed by atoms with Crippen LogP contribution in [0.5, 0.6) is 5.75 Å². The summed E-state index contributed by atoms with van der Waals surface area (Å²) in [5, 5.41) is 6.03. The summed E-state index contributed by atoms with van der Waals surface area (Å²) in [6.45, 7) is -0.0324. The van der Waals surface area contributed by atoms with E-state index in [1.54, 1.807) is 19.2 Å². The van der Waals surface area contributed by atoms with E-state index >= 15 is 0 Å². The average Bonchev–Trinajstić information content (AvgIpc) is 3.24. The molecule has 2 aromatic rings. The van der Waals surface area contributed by atoms with Crippen molar-refractivity contribution in [3.05, 3.63) is 47.5 Å². The molecule has 5 nitrogen and oxygen atoms in total. The van der Waals surface area contributed by atoms with Crippen LogP contribution in [0.15, 0.2) is 52.3 Å². The number of methoxy groups -OCH3 is 1. The fourth-order valence-corrected chi connectivity index (χ4v) is 4.25. The van der Waals surface area contributed by atoms with Crippen LogP contribution in [-0.4, -0.2) is 25.5 Å². The van der Waals surface area contributed by atoms with Gasteiger partial charge in [0.25, 0.3) is 0 Å². The first kappa shape index (κ1) is 20.6. The quantitative estimate of drug-likeness (QED) is 0.681. The summed E-state index contributed by atoms with van der Waals surface area (Å²) in [5.41, 5.74) is 0.601. The summed E-state index contributed by atoms with van der Waals surface area (Å²) < 4.78 is 5.16. The van der Waals surface area contributed by atoms with Crippen molar-refractivity contribution >= 4 is 40.9 Å². The van der Waals surface area contributed by atoms with Crippen molar-refractivity contribution in [1.29, 1.82) is 0 Å². The predicted molar refractivity (Wildman–Crippen MR) is 112 cm³/mol. The highest BCUT2D eigenvalue weighted by molar-refractivity contribution is 7.99. The monoisotopic (exact) mass is 418 g/mol. The van der Waals surface area contributed by atoms with E-state index in [2.05, 4.69) is 10.6 Å². The van der Waals surface area contributed by atoms with Crippen molar-refractivity contribution in [2.75, 3.05) is 19.0 Å². The molecule has 0 aliphatic heterocycles. The molecule has 2 amide bonds. The minimum atomic E-state index is -0.266. The van der Waals surface area contributed by atoms with Crippen molar-refractivity contribution < 1.29 is 14.3 Å². The minimum absolute atomic E-state index is 0.0306. The summed E-state index contributed by atoms with van der Waals surface area (Å²) in [6.07, 6.45) is 4.00. The van der Waals surface area contributed by atoms with E-state index in [4.69, 9.17) is 16.3 Å². The zero-order chi connectivity index (χ0) is 19.9. The number of carbonyl (C=O) groups is 2. The number of benzene rings is 2. The number of anilines is 1. The van der Waals surface area contributed by atoms with Crippen molar-refractivity contribution in [3.8, 4) is 5.75 Å². The Morgan fingerprint density at radius 2 is 1.86 bits per heavy atom. The zero-order valence-corrected chi connectivity index (χ0v) is 17.2. The van der Waals surface area contributed by atoms with E-state index in [1.807, 2.05) is 30.3 Å². The SMILES string of the molecule is COc1ccc(Sc2ccc(NC(=O)CNC(=O)C3CCCC3)cc2Cl)cc1. The van der Waals surface area contributed by atoms with E-state index < -0.39 is 0 Å². The highest BCUT2D eigenvalue weighted by Gasteiger charge is 2.22. The van der Waals surface area contributed by atoms with Crippen LogP contribution in [0.3, 0.4) is 0 Å². The number of hydrogen-bond acceptors (Lipinski definition) is 4. The molecule has 0 unspecified atom stereocenters. The van der Waals surface area contributed by atoms with Crippen LogP contribution in [-0.2, 0) is 9.59 Å². The molecule has 1 fully saturated rings. The van der Waals surface area contributed by atoms with Crippen LogP contribution in [0, 0.1) is 5.92 Å². The predicted octanol–water partition coefficient (Wildman–Crippen LogP) is 4.74. The van der Waals surface area contributed by atoms with Crippen LogP contribution in [0.2, 0.25) is 5.02 Å². The Balaban J connectivity index is 1.52. The van der Waals surface area contributed by atoms with Crippen LogP contribution in [0.1, 0.15) is 25.7 Å². The van der Waals surface area contributed by atoms with Gasteiger partial charge >= 0.3 is 0 Å². The van der Waals surface area contributed by atoms with Crippen molar-refractivity contribution in [2.45, 2.75) is 35.5 Å². The summed E-state index contributed by atoms with van der Waals surface area (Å²) in [6, 6.07) is 13.1. The van der Waals surface area contributed by atoms with Gasteiger partial charge in [0.05, 0.1) is 18.7 Å². The van der Waals surface area contributed by atoms with Crippen LogP contribution >= 0.6 is 23.4 Å². The Kier molecular flexibility index (Phi) is 7.23. The molecule has 3 rings (SSSR count). The lowest BCUT2D eigenvalue weighted by Gasteiger charge is -2.11. The highest BCUT2D eigenvalue weighted by Crippen LogP contribution is 2.35. The van der Waals surface area contributed by atoms with Crippen LogP contribution in [0.25, 0.3) is 0 Å². The first-order valence-electron chi connectivity index (χ1n) is 9.24. The van der Waals surface area contributed by atoms with Gasteiger partial charge in [-0.15, -0.1) is 0 Å². The summed E-state index contributed by atoms with van der Waals surface area (Å²) in [7, 11) is 1.63. The Labute approximate surface area is 174 Å². The first-order chi connectivity index (χ1) is 13.5. The maximum atomic E-state index is 12.1. The van der Waals surface area contributed by atoms with Crippen molar-refractivity contribution in [3.63, 3.8) is 0 Å². The lowest BCUT2D eigenvalue weighted by molar-refractivity contribution is -0.127. The molecule has 7 heteroatoms. The number of rotatable bonds is 7. The molecular formula is C21H23ClN2O3S. The topological polar surface area (TPSA) is 67.4 Å². The number of halogens is 1. The van der Waals surface area contributed by atoms with Crippen LogP contribution in [0.4, 0.5) is 5.69 Å². The van der Waals surface area contributed by atoms with Crippen molar-refractivity contribution in [2.24, 2.45) is 5.92 Å². The molecule has 0 saturated heterocycles. The van der Waals surface area contributed by atoms with Gasteiger partial charge in [-0.3, -0.25) is 9.59 Å². The standard InChI is InChI=1S/C21H23ClN2O3S/c1-27-16-7-9-17(10-8-16)28-19-11-6-15(12-18(19)22)24-20(25)13-23-21(26)14-4-2-3-5-14/h6-12,14H,2-5,13H2,1H3,(H,23,26)(H,24,25). The Hall–Kier alpha value is -2.18. The fraction of sp³-hybridized carbons (Fsp3) is 0.333. The molecule has 2 aromatic carbocycles. The maximum absolute atomic E-state index is 12.1. The first-order valence-corrected chi connectivity index (χ1v) is 10.4. The molecule has 1 aliphatic rings. The summed E-state index contributed by atoms with van der Waals surface area (Å²) in [5.74, 6) is 0.555. The van der Waals surface area contributed by atoms with Gasteiger partial charge in [0.15, 0.2) is 0 Å². The Morgan fingerprint density at radius 3 is 2.50 bits per heavy atom. The molecule has 0 aromatic heterocycles. The third-order valence-electron chi connectivity index (χ3n) is 4.65. The molecule has 0 bridgehead atoms. The van der Waals surface area contributed by atoms with Crippen molar-refractivity contribution in [1.82, 2.24) is 5.32 Å². The number of hydrogen-bond donors (Lipinski definition) is 2. The van der Waals surface area contributed by atoms with E-state index in [0.29, 0.717) is 10.7 Å². The number of carbonyl (C=O) groups excluding carboxylic acids is 2. The third kappa shape index (κ3) is 5.66. The van der Waals surface area contributed by atoms with Gasteiger partial charge in [0.1, 0.15) is 5.75 Å². The second kappa shape index (κ2) is 9.85. The van der Waals surface area contributed by atoms with Gasteiger partial charge in [0.2, 0.25) is 11.8 Å². The third-order valence-corrected chi connectivity index (χ3v) is 6.16. The molecule has 1 aliphatic carbocycles. The lowest BCUT2D eigenvalue weighted by Crippen LogP contribution is -2.36. The van der Waals surface area contributed by atoms with E-state index in [0.717, 1.165) is 41.2 Å². The number of nitrogens with one attached hydrogen (secondary N) is 2. The molecule has 1 saturated carbocycles. The molecule has 0 heterocycles. The molecule has 0 spiro atoms. The lowest BCUT2D eigenvalue weighted by atomic mass is 10.1. The molecule has 28 heavy (non-hydrogen) atoms. The molecule has 2 N–H and O–H groups in total. The van der Waals surface area contributed by atoms with Gasteiger partial charge in [0, 0.05) is 21.4 Å². The molecule has 0 radical (unpaired) electrons. The van der Waals surface area contributed by atoms with Gasteiger partial charge in [-0.2, -0.15) is 0 Å². The highest BCUT2D eigenvalue weighted by atomic mass is 35.5. The van der Waals surface area contributed by atoms with Gasteiger partial charge < -0.3 is 15.4 Å². The van der Waals surface area contributed by atoms with Crippen LogP contribution < -0.4 is 15.4 Å². The molecule has 0 atom stereocenters. The average molecular weight is 419 g/mol. The normalized spacial score (nSPS) is 13.9.